The summed E-state index contributed by atoms with van der Waals surface area (Å²) in [7, 11) is -31.9. The maximum atomic E-state index is 12.2. The highest BCUT2D eigenvalue weighted by Crippen LogP contribution is 2.41. The van der Waals surface area contributed by atoms with Crippen LogP contribution in [-0.4, -0.2) is 107 Å². The number of phosphoric ester groups is 3. The minimum Gasteiger partial charge on any atom is -0.303 e. The molecule has 28 nitrogen and oxygen atoms in total. The van der Waals surface area contributed by atoms with Gasteiger partial charge in [0.05, 0.1) is 0 Å². The number of halogens is 1. The van der Waals surface area contributed by atoms with Gasteiger partial charge in [-0.2, -0.15) is 0 Å². The first-order valence-corrected chi connectivity index (χ1v) is 19.5. The molecule has 0 saturated heterocycles. The number of terminal acetylenes is 2. The van der Waals surface area contributed by atoms with E-state index in [0.29, 0.717) is 0 Å². The molecule has 18 N–H and O–H groups in total. The predicted octanol–water partition coefficient (Wildman–Crippen LogP) is -3.46. The van der Waals surface area contributed by atoms with Crippen LogP contribution in [0.15, 0.2) is 0 Å². The summed E-state index contributed by atoms with van der Waals surface area (Å²) in [6, 6.07) is 0. The summed E-state index contributed by atoms with van der Waals surface area (Å²) in [6.07, 6.45) is 9.23. The van der Waals surface area contributed by atoms with Crippen molar-refractivity contribution in [3.63, 3.8) is 0 Å². The summed E-state index contributed by atoms with van der Waals surface area (Å²) in [5.74, 6) is 1.54. The van der Waals surface area contributed by atoms with Crippen LogP contribution in [0.25, 0.3) is 0 Å². The molecule has 0 heterocycles. The zero-order valence-electron chi connectivity index (χ0n) is 21.7. The van der Waals surface area contributed by atoms with Gasteiger partial charge in [-0.15, -0.1) is 12.8 Å². The highest BCUT2D eigenvalue weighted by atomic mass is 31.2. The first kappa shape index (κ1) is 60.2. The summed E-state index contributed by atoms with van der Waals surface area (Å²) in [4.78, 5) is 134. The van der Waals surface area contributed by atoms with Crippen molar-refractivity contribution >= 4 is 54.8 Å². The van der Waals surface area contributed by atoms with Gasteiger partial charge in [0.15, 0.2) is 0 Å². The summed E-state index contributed by atoms with van der Waals surface area (Å²) in [6.45, 7) is 1.10. The molecule has 0 rings (SSSR count). The molecular formula is C9H30FO28P7. The van der Waals surface area contributed by atoms with Crippen LogP contribution in [0.5, 0.6) is 0 Å². The smallest absolute Gasteiger partial charge is 0.303 e. The normalized spacial score (nSPS) is 11.8. The second-order valence-electron chi connectivity index (χ2n) is 5.93. The Morgan fingerprint density at radius 3 is 0.667 bits per heavy atom. The maximum absolute atomic E-state index is 12.2. The van der Waals surface area contributed by atoms with Crippen molar-refractivity contribution in [2.45, 2.75) is 19.7 Å². The lowest BCUT2D eigenvalue weighted by Gasteiger charge is -2.14. The van der Waals surface area contributed by atoms with E-state index in [1.165, 1.54) is 0 Å². The van der Waals surface area contributed by atoms with E-state index in [2.05, 4.69) is 26.4 Å². The SMILES string of the molecule is C#CCOP(=O)(O)O.C#CCOP(=O)(O)O.CC(C)(F)OP(=O)(O)O.O=P(O)(O)O.O=P(O)(O)O.O=P(O)(O)O.O=P(O)(O)O. The van der Waals surface area contributed by atoms with Gasteiger partial charge in [0.2, 0.25) is 5.85 Å². The number of hydrogen-bond acceptors (Lipinski definition) is 10. The number of rotatable bonds is 6. The molecule has 36 heteroatoms. The average molecular weight is 822 g/mol. The van der Waals surface area contributed by atoms with Gasteiger partial charge in [0.25, 0.3) is 0 Å². The van der Waals surface area contributed by atoms with E-state index in [1.54, 1.807) is 0 Å². The minimum atomic E-state index is -4.66. The van der Waals surface area contributed by atoms with Crippen LogP contribution in [0.1, 0.15) is 13.8 Å². The molecule has 0 aliphatic rings. The van der Waals surface area contributed by atoms with Gasteiger partial charge in [0, 0.05) is 0 Å². The van der Waals surface area contributed by atoms with Gasteiger partial charge in [-0.05, 0) is 13.8 Å². The quantitative estimate of drug-likeness (QED) is 0.0914. The predicted molar refractivity (Wildman–Crippen MR) is 139 cm³/mol. The lowest BCUT2D eigenvalue weighted by Crippen LogP contribution is -2.14. The fourth-order valence-electron chi connectivity index (χ4n) is 0.525. The van der Waals surface area contributed by atoms with E-state index < -0.39 is 60.6 Å². The van der Waals surface area contributed by atoms with Gasteiger partial charge in [-0.25, -0.2) is 40.9 Å². The van der Waals surface area contributed by atoms with Crippen LogP contribution in [0.3, 0.4) is 0 Å². The van der Waals surface area contributed by atoms with E-state index in [4.69, 9.17) is 106 Å². The van der Waals surface area contributed by atoms with Crippen LogP contribution in [0.4, 0.5) is 4.39 Å². The van der Waals surface area contributed by atoms with Gasteiger partial charge >= 0.3 is 54.8 Å². The van der Waals surface area contributed by atoms with Gasteiger partial charge in [-0.3, -0.25) is 9.05 Å². The van der Waals surface area contributed by atoms with Gasteiger partial charge in [0.1, 0.15) is 13.2 Å². The Hall–Kier alpha value is -0.180. The monoisotopic (exact) mass is 822 g/mol. The van der Waals surface area contributed by atoms with Crippen molar-refractivity contribution in [3.8, 4) is 24.7 Å². The third kappa shape index (κ3) is 306. The molecule has 0 aliphatic heterocycles. The van der Waals surface area contributed by atoms with Crippen LogP contribution < -0.4 is 0 Å². The highest BCUT2D eigenvalue weighted by Gasteiger charge is 2.27. The third-order valence-electron chi connectivity index (χ3n) is 0.968. The summed E-state index contributed by atoms with van der Waals surface area (Å²) in [5.41, 5.74) is 0. The molecular weight excluding hydrogens is 792 g/mol. The Morgan fingerprint density at radius 2 is 0.644 bits per heavy atom. The molecule has 0 spiro atoms. The largest absolute Gasteiger partial charge is 0.472 e. The molecule has 0 atom stereocenters. The molecule has 0 aromatic heterocycles. The summed E-state index contributed by atoms with van der Waals surface area (Å²) < 4.78 is 88.4. The fourth-order valence-corrected chi connectivity index (χ4v) is 1.58. The first-order chi connectivity index (χ1) is 18.8. The molecule has 0 aromatic carbocycles. The molecule has 0 radical (unpaired) electrons. The summed E-state index contributed by atoms with van der Waals surface area (Å²) in [5, 5.41) is 0. The summed E-state index contributed by atoms with van der Waals surface area (Å²) >= 11 is 0. The van der Waals surface area contributed by atoms with E-state index in [1.807, 2.05) is 11.8 Å². The average Bonchev–Trinajstić information content (AvgIpc) is 2.56. The van der Waals surface area contributed by atoms with Crippen molar-refractivity contribution in [1.82, 2.24) is 0 Å². The van der Waals surface area contributed by atoms with E-state index in [9.17, 15) is 18.1 Å². The number of hydrogen-bond donors (Lipinski definition) is 18. The first-order valence-electron chi connectivity index (χ1n) is 8.68. The lowest BCUT2D eigenvalue weighted by molar-refractivity contribution is -0.0465. The Balaban J connectivity index is -0.0000000760. The highest BCUT2D eigenvalue weighted by molar-refractivity contribution is 7.47. The van der Waals surface area contributed by atoms with Crippen molar-refractivity contribution in [3.05, 3.63) is 0 Å². The van der Waals surface area contributed by atoms with Crippen molar-refractivity contribution < 1.29 is 138 Å². The zero-order chi connectivity index (χ0) is 38.9. The van der Waals surface area contributed by atoms with Crippen LogP contribution in [-0.2, 0) is 45.5 Å². The molecule has 0 amide bonds. The Bertz CT molecular complexity index is 1020. The maximum Gasteiger partial charge on any atom is 0.472 e. The Kier molecular flexibility index (Phi) is 35.7. The van der Waals surface area contributed by atoms with Crippen LogP contribution in [0.2, 0.25) is 0 Å². The zero-order valence-corrected chi connectivity index (χ0v) is 28.0. The van der Waals surface area contributed by atoms with Crippen molar-refractivity contribution in [2.75, 3.05) is 13.2 Å². The van der Waals surface area contributed by atoms with Gasteiger partial charge in [-0.1, -0.05) is 11.8 Å². The number of phosphoric acid groups is 7. The third-order valence-corrected chi connectivity index (χ3v) is 2.57. The molecule has 45 heavy (non-hydrogen) atoms. The Labute approximate surface area is 250 Å². The van der Waals surface area contributed by atoms with Gasteiger partial charge < -0.3 is 88.1 Å². The molecule has 0 fully saturated rings. The molecule has 0 saturated carbocycles. The van der Waals surface area contributed by atoms with E-state index in [0.717, 1.165) is 13.8 Å². The van der Waals surface area contributed by atoms with Crippen molar-refractivity contribution in [2.24, 2.45) is 0 Å². The van der Waals surface area contributed by atoms with Crippen molar-refractivity contribution in [1.29, 1.82) is 0 Å². The molecule has 276 valence electrons. The fraction of sp³-hybridized carbons (Fsp3) is 0.556. The van der Waals surface area contributed by atoms with E-state index in [-0.39, 0.29) is 13.2 Å². The lowest BCUT2D eigenvalue weighted by atomic mass is 10.4. The Morgan fingerprint density at radius 1 is 0.489 bits per heavy atom. The second kappa shape index (κ2) is 26.7. The van der Waals surface area contributed by atoms with Crippen LogP contribution in [0, 0.1) is 24.7 Å². The second-order valence-corrected chi connectivity index (χ2v) is 13.7. The molecule has 0 aliphatic carbocycles. The topological polar surface area (TPSA) is 511 Å². The minimum absolute atomic E-state index is 0.357. The molecule has 0 bridgehead atoms. The molecule has 0 unspecified atom stereocenters. The van der Waals surface area contributed by atoms with E-state index >= 15 is 0 Å². The molecule has 0 aromatic rings. The van der Waals surface area contributed by atoms with Crippen LogP contribution >= 0.6 is 54.8 Å². The number of alkyl halides is 1. The standard InChI is InChI=1S/C3H8FO4P.2C3H5O4P.4H3O4P/c1-3(2,4)8-9(5,6)7;2*1-2-3-7-8(4,5)6;4*1-5(2,3)4/h1-2H3,(H2,5,6,7);2*1H,3H2,(H2,4,5,6);4*(H3,1,2,3,4).